The molecule has 0 aliphatic carbocycles. The first-order chi connectivity index (χ1) is 9.24. The fraction of sp³-hybridized carbons (Fsp3) is 0.0769. The number of benzene rings is 2. The average Bonchev–Trinajstić information content (AvgIpc) is 2.89. The van der Waals surface area contributed by atoms with Crippen LogP contribution in [0, 0.1) is 0 Å². The van der Waals surface area contributed by atoms with Gasteiger partial charge in [-0.1, -0.05) is 0 Å². The minimum atomic E-state index is -0.0102. The summed E-state index contributed by atoms with van der Waals surface area (Å²) < 4.78 is 8.79. The van der Waals surface area contributed by atoms with Crippen LogP contribution in [0.15, 0.2) is 36.4 Å². The molecule has 3 rings (SSSR count). The zero-order chi connectivity index (χ0) is 13.2. The Morgan fingerprint density at radius 3 is 2.79 bits per heavy atom. The Morgan fingerprint density at radius 1 is 1.05 bits per heavy atom. The van der Waals surface area contributed by atoms with Gasteiger partial charge >= 0.3 is 127 Å². The van der Waals surface area contributed by atoms with Gasteiger partial charge in [-0.15, -0.1) is 0 Å². The van der Waals surface area contributed by atoms with E-state index in [9.17, 15) is 0 Å². The molecule has 0 spiro atoms. The van der Waals surface area contributed by atoms with Gasteiger partial charge in [0.05, 0.1) is 0 Å². The van der Waals surface area contributed by atoms with Crippen molar-refractivity contribution in [2.45, 2.75) is 6.54 Å². The molecule has 1 heterocycles. The Balaban J connectivity index is 1.82. The molecule has 96 valence electrons. The van der Waals surface area contributed by atoms with Crippen LogP contribution in [0.5, 0.6) is 0 Å². The van der Waals surface area contributed by atoms with Gasteiger partial charge in [0.25, 0.3) is 0 Å². The standard InChI is InChI=1S/C13H9Cl2N3Se/c14-9-5-4-8(6-10(9)15)7-16-11-2-1-3-12-13(11)18-19-17-12/h1-6,16H,7H2. The Labute approximate surface area is 126 Å². The van der Waals surface area contributed by atoms with Crippen LogP contribution in [-0.2, 0) is 6.54 Å². The van der Waals surface area contributed by atoms with Gasteiger partial charge in [0.1, 0.15) is 0 Å². The molecule has 3 nitrogen and oxygen atoms in total. The number of nitrogens with zero attached hydrogens (tertiary/aromatic N) is 2. The van der Waals surface area contributed by atoms with E-state index in [1.807, 2.05) is 30.3 Å². The fourth-order valence-corrected chi connectivity index (χ4v) is 3.27. The van der Waals surface area contributed by atoms with Crippen molar-refractivity contribution in [3.8, 4) is 0 Å². The number of anilines is 1. The second kappa shape index (κ2) is 5.51. The van der Waals surface area contributed by atoms with Gasteiger partial charge in [-0.2, -0.15) is 0 Å². The first kappa shape index (κ1) is 12.9. The van der Waals surface area contributed by atoms with E-state index in [-0.39, 0.29) is 15.0 Å². The van der Waals surface area contributed by atoms with E-state index in [1.165, 1.54) is 0 Å². The van der Waals surface area contributed by atoms with Crippen molar-refractivity contribution in [2.75, 3.05) is 5.32 Å². The molecule has 0 aliphatic heterocycles. The SMILES string of the molecule is Clc1ccc(CNc2cccc3n[se]nc23)cc1Cl. The van der Waals surface area contributed by atoms with Crippen molar-refractivity contribution < 1.29 is 0 Å². The van der Waals surface area contributed by atoms with Crippen molar-refractivity contribution >= 4 is 54.9 Å². The van der Waals surface area contributed by atoms with E-state index in [0.717, 1.165) is 22.3 Å². The van der Waals surface area contributed by atoms with Crippen molar-refractivity contribution in [1.29, 1.82) is 0 Å². The van der Waals surface area contributed by atoms with Gasteiger partial charge in [0.15, 0.2) is 0 Å². The third-order valence-corrected chi connectivity index (χ3v) is 4.63. The molecule has 0 unspecified atom stereocenters. The molecule has 6 heteroatoms. The van der Waals surface area contributed by atoms with Crippen LogP contribution in [-0.4, -0.2) is 22.9 Å². The summed E-state index contributed by atoms with van der Waals surface area (Å²) in [5.74, 6) is 0. The molecule has 0 amide bonds. The summed E-state index contributed by atoms with van der Waals surface area (Å²) >= 11 is 11.9. The van der Waals surface area contributed by atoms with Crippen molar-refractivity contribution in [3.63, 3.8) is 0 Å². The van der Waals surface area contributed by atoms with Gasteiger partial charge in [-0.3, -0.25) is 0 Å². The van der Waals surface area contributed by atoms with Crippen LogP contribution in [0.2, 0.25) is 10.0 Å². The van der Waals surface area contributed by atoms with Crippen molar-refractivity contribution in [2.24, 2.45) is 0 Å². The number of fused-ring (bicyclic) bond motifs is 1. The van der Waals surface area contributed by atoms with Gasteiger partial charge < -0.3 is 0 Å². The van der Waals surface area contributed by atoms with Crippen LogP contribution in [0.3, 0.4) is 0 Å². The minimum absolute atomic E-state index is 0.0102. The van der Waals surface area contributed by atoms with Gasteiger partial charge in [0, 0.05) is 0 Å². The van der Waals surface area contributed by atoms with E-state index in [0.29, 0.717) is 16.6 Å². The van der Waals surface area contributed by atoms with E-state index in [2.05, 4.69) is 13.3 Å². The molecule has 0 bridgehead atoms. The van der Waals surface area contributed by atoms with E-state index < -0.39 is 0 Å². The molecule has 0 saturated carbocycles. The predicted octanol–water partition coefficient (Wildman–Crippen LogP) is 3.61. The van der Waals surface area contributed by atoms with E-state index >= 15 is 0 Å². The molecular weight excluding hydrogens is 348 g/mol. The number of nitrogens with one attached hydrogen (secondary N) is 1. The summed E-state index contributed by atoms with van der Waals surface area (Å²) in [5.41, 5.74) is 4.01. The molecule has 1 N–H and O–H groups in total. The summed E-state index contributed by atoms with van der Waals surface area (Å²) in [6.07, 6.45) is 0. The number of hydrogen-bond acceptors (Lipinski definition) is 3. The maximum atomic E-state index is 6.00. The molecule has 19 heavy (non-hydrogen) atoms. The molecule has 2 aromatic carbocycles. The van der Waals surface area contributed by atoms with Gasteiger partial charge in [-0.25, -0.2) is 0 Å². The first-order valence-electron chi connectivity index (χ1n) is 5.63. The molecule has 0 radical (unpaired) electrons. The molecule has 0 fully saturated rings. The Bertz CT molecular complexity index is 727. The molecule has 0 saturated heterocycles. The van der Waals surface area contributed by atoms with Gasteiger partial charge in [0.2, 0.25) is 0 Å². The maximum absolute atomic E-state index is 6.00. The van der Waals surface area contributed by atoms with Crippen LogP contribution in [0.1, 0.15) is 5.56 Å². The molecule has 3 aromatic rings. The second-order valence-electron chi connectivity index (χ2n) is 4.04. The zero-order valence-corrected chi connectivity index (χ0v) is 13.0. The summed E-state index contributed by atoms with van der Waals surface area (Å²) in [5, 5.41) is 4.51. The normalized spacial score (nSPS) is 10.8. The molecule has 1 aromatic heterocycles. The summed E-state index contributed by atoms with van der Waals surface area (Å²) in [6, 6.07) is 11.6. The number of halogens is 2. The van der Waals surface area contributed by atoms with Crippen LogP contribution < -0.4 is 5.32 Å². The van der Waals surface area contributed by atoms with Crippen LogP contribution in [0.4, 0.5) is 5.69 Å². The molecule has 0 atom stereocenters. The van der Waals surface area contributed by atoms with Crippen molar-refractivity contribution in [3.05, 3.63) is 52.0 Å². The summed E-state index contributed by atoms with van der Waals surface area (Å²) in [6.45, 7) is 0.676. The third-order valence-electron chi connectivity index (χ3n) is 2.75. The summed E-state index contributed by atoms with van der Waals surface area (Å²) in [4.78, 5) is 0. The van der Waals surface area contributed by atoms with Crippen LogP contribution in [0.25, 0.3) is 11.0 Å². The first-order valence-corrected chi connectivity index (χ1v) is 7.92. The quantitative estimate of drug-likeness (QED) is 0.728. The Hall–Kier alpha value is -1.06. The molecular formula is C13H9Cl2N3Se. The topological polar surface area (TPSA) is 37.8 Å². The zero-order valence-electron chi connectivity index (χ0n) is 9.73. The number of rotatable bonds is 3. The van der Waals surface area contributed by atoms with Gasteiger partial charge in [-0.05, 0) is 0 Å². The number of aromatic nitrogens is 2. The molecule has 0 aliphatic rings. The monoisotopic (exact) mass is 357 g/mol. The average molecular weight is 357 g/mol. The van der Waals surface area contributed by atoms with Crippen LogP contribution >= 0.6 is 23.2 Å². The van der Waals surface area contributed by atoms with E-state index in [4.69, 9.17) is 23.2 Å². The second-order valence-corrected chi connectivity index (χ2v) is 5.96. The van der Waals surface area contributed by atoms with E-state index in [1.54, 1.807) is 6.07 Å². The Morgan fingerprint density at radius 2 is 1.95 bits per heavy atom. The number of hydrogen-bond donors (Lipinski definition) is 1. The Kier molecular flexibility index (Phi) is 3.76. The predicted molar refractivity (Wildman–Crippen MR) is 80.3 cm³/mol. The summed E-state index contributed by atoms with van der Waals surface area (Å²) in [7, 11) is 0. The van der Waals surface area contributed by atoms with Crippen molar-refractivity contribution in [1.82, 2.24) is 7.96 Å². The fourth-order valence-electron chi connectivity index (χ4n) is 1.80. The third kappa shape index (κ3) is 2.77.